The summed E-state index contributed by atoms with van der Waals surface area (Å²) >= 11 is 0. The van der Waals surface area contributed by atoms with E-state index in [0.29, 0.717) is 6.04 Å². The summed E-state index contributed by atoms with van der Waals surface area (Å²) in [6, 6.07) is 2.19. The van der Waals surface area contributed by atoms with Crippen LogP contribution in [0.15, 0.2) is 12.3 Å². The van der Waals surface area contributed by atoms with Crippen molar-refractivity contribution in [1.82, 2.24) is 14.7 Å². The Morgan fingerprint density at radius 1 is 1.59 bits per heavy atom. The normalized spacial score (nSPS) is 20.4. The molecule has 0 aliphatic carbocycles. The number of anilines is 1. The van der Waals surface area contributed by atoms with E-state index in [2.05, 4.69) is 17.3 Å². The van der Waals surface area contributed by atoms with E-state index in [0.717, 1.165) is 31.6 Å². The predicted molar refractivity (Wildman–Crippen MR) is 66.9 cm³/mol. The molecule has 0 radical (unpaired) electrons. The third-order valence-corrected chi connectivity index (χ3v) is 3.42. The van der Waals surface area contributed by atoms with Gasteiger partial charge in [0, 0.05) is 25.7 Å². The van der Waals surface area contributed by atoms with Crippen LogP contribution in [0.1, 0.15) is 32.6 Å². The van der Waals surface area contributed by atoms with Crippen LogP contribution in [0.3, 0.4) is 0 Å². The first-order valence-electron chi connectivity index (χ1n) is 6.28. The third-order valence-electron chi connectivity index (χ3n) is 3.42. The van der Waals surface area contributed by atoms with Crippen molar-refractivity contribution in [3.05, 3.63) is 12.3 Å². The van der Waals surface area contributed by atoms with Crippen molar-refractivity contribution in [3.8, 4) is 0 Å². The quantitative estimate of drug-likeness (QED) is 0.856. The first kappa shape index (κ1) is 12.0. The molecule has 1 N–H and O–H groups in total. The number of urea groups is 1. The Kier molecular flexibility index (Phi) is 3.66. The maximum absolute atomic E-state index is 12.2. The molecule has 1 unspecified atom stereocenters. The van der Waals surface area contributed by atoms with Crippen LogP contribution in [-0.2, 0) is 7.05 Å². The number of nitrogens with one attached hydrogen (secondary N) is 1. The van der Waals surface area contributed by atoms with Gasteiger partial charge in [-0.2, -0.15) is 5.10 Å². The minimum absolute atomic E-state index is 0.000139. The van der Waals surface area contributed by atoms with Gasteiger partial charge < -0.3 is 4.90 Å². The molecule has 0 bridgehead atoms. The molecule has 1 atom stereocenters. The molecule has 94 valence electrons. The molecular weight excluding hydrogens is 216 g/mol. The fraction of sp³-hybridized carbons (Fsp3) is 0.667. The highest BCUT2D eigenvalue weighted by Gasteiger charge is 2.25. The number of carbonyl (C=O) groups excluding carboxylic acids is 1. The molecule has 1 aliphatic heterocycles. The van der Waals surface area contributed by atoms with Crippen molar-refractivity contribution in [2.75, 3.05) is 11.9 Å². The molecular formula is C12H20N4O. The number of amides is 2. The van der Waals surface area contributed by atoms with E-state index in [1.807, 2.05) is 18.0 Å². The summed E-state index contributed by atoms with van der Waals surface area (Å²) in [6.07, 6.45) is 6.17. The van der Waals surface area contributed by atoms with Gasteiger partial charge in [-0.1, -0.05) is 6.92 Å². The molecule has 2 heterocycles. The minimum atomic E-state index is 0.000139. The summed E-state index contributed by atoms with van der Waals surface area (Å²) in [5.74, 6) is 0.746. The van der Waals surface area contributed by atoms with E-state index < -0.39 is 0 Å². The van der Waals surface area contributed by atoms with Gasteiger partial charge in [0.2, 0.25) is 0 Å². The van der Waals surface area contributed by atoms with Gasteiger partial charge in [0.05, 0.1) is 6.20 Å². The summed E-state index contributed by atoms with van der Waals surface area (Å²) in [4.78, 5) is 14.1. The standard InChI is InChI=1S/C12H20N4O/c1-3-10-6-4-5-9-16(10)12(17)14-11-7-8-13-15(11)2/h7-8,10H,3-6,9H2,1-2H3,(H,14,17). The van der Waals surface area contributed by atoms with Crippen LogP contribution in [0.4, 0.5) is 10.6 Å². The van der Waals surface area contributed by atoms with Crippen molar-refractivity contribution in [2.24, 2.45) is 7.05 Å². The molecule has 17 heavy (non-hydrogen) atoms. The molecule has 5 heteroatoms. The molecule has 2 amide bonds. The summed E-state index contributed by atoms with van der Waals surface area (Å²) in [5, 5.41) is 6.95. The predicted octanol–water partition coefficient (Wildman–Crippen LogP) is 2.22. The van der Waals surface area contributed by atoms with E-state index in [9.17, 15) is 4.79 Å². The number of aromatic nitrogens is 2. The lowest BCUT2D eigenvalue weighted by Gasteiger charge is -2.35. The van der Waals surface area contributed by atoms with Gasteiger partial charge in [-0.25, -0.2) is 4.79 Å². The molecule has 0 saturated carbocycles. The highest BCUT2D eigenvalue weighted by Crippen LogP contribution is 2.20. The average Bonchev–Trinajstić information content (AvgIpc) is 2.75. The maximum Gasteiger partial charge on any atom is 0.323 e. The van der Waals surface area contributed by atoms with Crippen LogP contribution in [0.2, 0.25) is 0 Å². The van der Waals surface area contributed by atoms with Gasteiger partial charge in [0.15, 0.2) is 0 Å². The zero-order chi connectivity index (χ0) is 12.3. The minimum Gasteiger partial charge on any atom is -0.322 e. The Morgan fingerprint density at radius 3 is 3.06 bits per heavy atom. The largest absolute Gasteiger partial charge is 0.323 e. The molecule has 1 aromatic heterocycles. The molecule has 1 saturated heterocycles. The zero-order valence-electron chi connectivity index (χ0n) is 10.5. The second-order valence-electron chi connectivity index (χ2n) is 4.52. The number of hydrogen-bond donors (Lipinski definition) is 1. The van der Waals surface area contributed by atoms with Gasteiger partial charge in [-0.05, 0) is 25.7 Å². The Balaban J connectivity index is 2.01. The number of nitrogens with zero attached hydrogens (tertiary/aromatic N) is 3. The summed E-state index contributed by atoms with van der Waals surface area (Å²) in [5.41, 5.74) is 0. The van der Waals surface area contributed by atoms with Crippen LogP contribution in [0.25, 0.3) is 0 Å². The molecule has 2 rings (SSSR count). The second kappa shape index (κ2) is 5.21. The lowest BCUT2D eigenvalue weighted by Crippen LogP contribution is -2.45. The molecule has 0 spiro atoms. The number of aryl methyl sites for hydroxylation is 1. The third kappa shape index (κ3) is 2.60. The first-order valence-corrected chi connectivity index (χ1v) is 6.28. The number of carbonyl (C=O) groups is 1. The average molecular weight is 236 g/mol. The number of rotatable bonds is 2. The van der Waals surface area contributed by atoms with E-state index in [1.165, 1.54) is 6.42 Å². The van der Waals surface area contributed by atoms with Gasteiger partial charge in [0.1, 0.15) is 5.82 Å². The highest BCUT2D eigenvalue weighted by molar-refractivity contribution is 5.88. The van der Waals surface area contributed by atoms with Crippen molar-refractivity contribution < 1.29 is 4.79 Å². The monoisotopic (exact) mass is 236 g/mol. The molecule has 1 aromatic rings. The SMILES string of the molecule is CCC1CCCCN1C(=O)Nc1ccnn1C. The Labute approximate surface area is 102 Å². The molecule has 1 fully saturated rings. The Morgan fingerprint density at radius 2 is 2.41 bits per heavy atom. The number of likely N-dealkylation sites (tertiary alicyclic amines) is 1. The number of piperidine rings is 1. The van der Waals surface area contributed by atoms with Gasteiger partial charge in [-0.3, -0.25) is 10.00 Å². The maximum atomic E-state index is 12.2. The number of hydrogen-bond acceptors (Lipinski definition) is 2. The fourth-order valence-corrected chi connectivity index (χ4v) is 2.37. The second-order valence-corrected chi connectivity index (χ2v) is 4.52. The lowest BCUT2D eigenvalue weighted by atomic mass is 10.0. The van der Waals surface area contributed by atoms with Crippen LogP contribution in [-0.4, -0.2) is 33.3 Å². The lowest BCUT2D eigenvalue weighted by molar-refractivity contribution is 0.160. The van der Waals surface area contributed by atoms with Gasteiger partial charge in [-0.15, -0.1) is 0 Å². The van der Waals surface area contributed by atoms with Crippen molar-refractivity contribution in [2.45, 2.75) is 38.6 Å². The topological polar surface area (TPSA) is 50.2 Å². The van der Waals surface area contributed by atoms with E-state index >= 15 is 0 Å². The Hall–Kier alpha value is -1.52. The van der Waals surface area contributed by atoms with Crippen molar-refractivity contribution >= 4 is 11.8 Å². The highest BCUT2D eigenvalue weighted by atomic mass is 16.2. The summed E-state index contributed by atoms with van der Waals surface area (Å²) in [6.45, 7) is 3.00. The smallest absolute Gasteiger partial charge is 0.322 e. The van der Waals surface area contributed by atoms with Crippen LogP contribution in [0.5, 0.6) is 0 Å². The van der Waals surface area contributed by atoms with Crippen LogP contribution in [0, 0.1) is 0 Å². The molecule has 5 nitrogen and oxygen atoms in total. The van der Waals surface area contributed by atoms with Gasteiger partial charge >= 0.3 is 6.03 Å². The molecule has 1 aliphatic rings. The Bertz CT molecular complexity index is 388. The zero-order valence-corrected chi connectivity index (χ0v) is 10.5. The van der Waals surface area contributed by atoms with Crippen LogP contribution < -0.4 is 5.32 Å². The van der Waals surface area contributed by atoms with E-state index in [4.69, 9.17) is 0 Å². The van der Waals surface area contributed by atoms with Gasteiger partial charge in [0.25, 0.3) is 0 Å². The fourth-order valence-electron chi connectivity index (χ4n) is 2.37. The van der Waals surface area contributed by atoms with Crippen molar-refractivity contribution in [3.63, 3.8) is 0 Å². The van der Waals surface area contributed by atoms with E-state index in [1.54, 1.807) is 10.9 Å². The first-order chi connectivity index (χ1) is 8.22. The summed E-state index contributed by atoms with van der Waals surface area (Å²) < 4.78 is 1.67. The van der Waals surface area contributed by atoms with Crippen molar-refractivity contribution in [1.29, 1.82) is 0 Å². The molecule has 0 aromatic carbocycles. The van der Waals surface area contributed by atoms with Crippen LogP contribution >= 0.6 is 0 Å². The van der Waals surface area contributed by atoms with E-state index in [-0.39, 0.29) is 6.03 Å². The summed E-state index contributed by atoms with van der Waals surface area (Å²) in [7, 11) is 1.82.